The van der Waals surface area contributed by atoms with Crippen LogP contribution >= 0.6 is 11.6 Å². The van der Waals surface area contributed by atoms with E-state index in [0.717, 1.165) is 0 Å². The molecule has 2 N–H and O–H groups in total. The Labute approximate surface area is 116 Å². The molecule has 5 nitrogen and oxygen atoms in total. The maximum atomic E-state index is 11.7. The first-order chi connectivity index (χ1) is 8.69. The van der Waals surface area contributed by atoms with Gasteiger partial charge in [0.2, 0.25) is 0 Å². The SMILES string of the molecule is CC(C)(C)CC(CNC(=O)c1ccc(Cl)o1)C(=O)O. The number of furan rings is 1. The summed E-state index contributed by atoms with van der Waals surface area (Å²) >= 11 is 5.56. The lowest BCUT2D eigenvalue weighted by Gasteiger charge is -2.23. The fourth-order valence-electron chi connectivity index (χ4n) is 1.73. The highest BCUT2D eigenvalue weighted by Crippen LogP contribution is 2.24. The topological polar surface area (TPSA) is 79.5 Å². The van der Waals surface area contributed by atoms with Gasteiger partial charge in [-0.3, -0.25) is 9.59 Å². The van der Waals surface area contributed by atoms with Gasteiger partial charge in [-0.25, -0.2) is 0 Å². The van der Waals surface area contributed by atoms with E-state index >= 15 is 0 Å². The highest BCUT2D eigenvalue weighted by molar-refractivity contribution is 6.29. The molecule has 19 heavy (non-hydrogen) atoms. The van der Waals surface area contributed by atoms with Gasteiger partial charge in [0.15, 0.2) is 11.0 Å². The van der Waals surface area contributed by atoms with Crippen LogP contribution in [0.15, 0.2) is 16.5 Å². The molecule has 1 aromatic rings. The Bertz CT molecular complexity index is 461. The van der Waals surface area contributed by atoms with Crippen molar-refractivity contribution in [3.05, 3.63) is 23.1 Å². The van der Waals surface area contributed by atoms with Crippen molar-refractivity contribution < 1.29 is 19.1 Å². The molecule has 0 aliphatic rings. The number of rotatable bonds is 5. The molecular weight excluding hydrogens is 270 g/mol. The van der Waals surface area contributed by atoms with Crippen LogP contribution in [0.3, 0.4) is 0 Å². The van der Waals surface area contributed by atoms with Crippen molar-refractivity contribution >= 4 is 23.5 Å². The summed E-state index contributed by atoms with van der Waals surface area (Å²) < 4.78 is 4.94. The lowest BCUT2D eigenvalue weighted by atomic mass is 9.84. The Morgan fingerprint density at radius 2 is 2.05 bits per heavy atom. The molecule has 0 saturated heterocycles. The number of halogens is 1. The van der Waals surface area contributed by atoms with E-state index in [1.807, 2.05) is 20.8 Å². The number of nitrogens with one attached hydrogen (secondary N) is 1. The first-order valence-corrected chi connectivity index (χ1v) is 6.33. The van der Waals surface area contributed by atoms with Crippen LogP contribution in [0.1, 0.15) is 37.7 Å². The zero-order valence-electron chi connectivity index (χ0n) is 11.2. The molecule has 106 valence electrons. The Kier molecular flexibility index (Phi) is 5.00. The van der Waals surface area contributed by atoms with E-state index in [0.29, 0.717) is 6.42 Å². The molecule has 0 aliphatic heterocycles. The second kappa shape index (κ2) is 6.10. The molecule has 0 saturated carbocycles. The Morgan fingerprint density at radius 1 is 1.42 bits per heavy atom. The molecule has 1 heterocycles. The minimum Gasteiger partial charge on any atom is -0.481 e. The first-order valence-electron chi connectivity index (χ1n) is 5.95. The van der Waals surface area contributed by atoms with E-state index in [1.165, 1.54) is 12.1 Å². The summed E-state index contributed by atoms with van der Waals surface area (Å²) in [7, 11) is 0. The van der Waals surface area contributed by atoms with Gasteiger partial charge in [-0.15, -0.1) is 0 Å². The smallest absolute Gasteiger partial charge is 0.308 e. The fraction of sp³-hybridized carbons (Fsp3) is 0.538. The van der Waals surface area contributed by atoms with Crippen molar-refractivity contribution in [3.63, 3.8) is 0 Å². The van der Waals surface area contributed by atoms with Crippen molar-refractivity contribution in [2.75, 3.05) is 6.54 Å². The summed E-state index contributed by atoms with van der Waals surface area (Å²) in [5, 5.41) is 11.8. The third kappa shape index (κ3) is 5.34. The zero-order valence-corrected chi connectivity index (χ0v) is 12.0. The third-order valence-corrected chi connectivity index (χ3v) is 2.72. The average Bonchev–Trinajstić information content (AvgIpc) is 2.68. The minimum absolute atomic E-state index is 0.0593. The summed E-state index contributed by atoms with van der Waals surface area (Å²) in [6.45, 7) is 5.93. The molecule has 1 atom stereocenters. The Hall–Kier alpha value is -1.49. The molecule has 0 aromatic carbocycles. The lowest BCUT2D eigenvalue weighted by molar-refractivity contribution is -0.142. The molecule has 6 heteroatoms. The molecular formula is C13H18ClNO4. The van der Waals surface area contributed by atoms with E-state index in [9.17, 15) is 9.59 Å². The third-order valence-electron chi connectivity index (χ3n) is 2.51. The van der Waals surface area contributed by atoms with E-state index < -0.39 is 17.8 Å². The van der Waals surface area contributed by atoms with Crippen molar-refractivity contribution in [3.8, 4) is 0 Å². The van der Waals surface area contributed by atoms with E-state index in [2.05, 4.69) is 5.32 Å². The van der Waals surface area contributed by atoms with Crippen LogP contribution in [0.5, 0.6) is 0 Å². The van der Waals surface area contributed by atoms with Crippen LogP contribution < -0.4 is 5.32 Å². The summed E-state index contributed by atoms with van der Waals surface area (Å²) in [4.78, 5) is 22.8. The molecule has 1 rings (SSSR count). The van der Waals surface area contributed by atoms with Gasteiger partial charge in [0, 0.05) is 6.54 Å². The monoisotopic (exact) mass is 287 g/mol. The second-order valence-corrected chi connectivity index (χ2v) is 5.99. The summed E-state index contributed by atoms with van der Waals surface area (Å²) in [5.74, 6) is -1.95. The quantitative estimate of drug-likeness (QED) is 0.873. The zero-order chi connectivity index (χ0) is 14.6. The molecule has 0 fully saturated rings. The van der Waals surface area contributed by atoms with Crippen LogP contribution in [0.2, 0.25) is 5.22 Å². The second-order valence-electron chi connectivity index (χ2n) is 5.61. The number of carbonyl (C=O) groups excluding carboxylic acids is 1. The van der Waals surface area contributed by atoms with E-state index in [4.69, 9.17) is 21.1 Å². The predicted molar refractivity (Wildman–Crippen MR) is 71.2 cm³/mol. The molecule has 0 bridgehead atoms. The van der Waals surface area contributed by atoms with Crippen molar-refractivity contribution in [2.45, 2.75) is 27.2 Å². The largest absolute Gasteiger partial charge is 0.481 e. The number of carboxylic acid groups (broad SMARTS) is 1. The number of amides is 1. The average molecular weight is 288 g/mol. The van der Waals surface area contributed by atoms with E-state index in [1.54, 1.807) is 0 Å². The Morgan fingerprint density at radius 3 is 2.47 bits per heavy atom. The molecule has 0 radical (unpaired) electrons. The Balaban J connectivity index is 2.57. The lowest BCUT2D eigenvalue weighted by Crippen LogP contribution is -2.34. The molecule has 1 aromatic heterocycles. The van der Waals surface area contributed by atoms with Gasteiger partial charge >= 0.3 is 5.97 Å². The van der Waals surface area contributed by atoms with Crippen LogP contribution in [0.4, 0.5) is 0 Å². The first kappa shape index (κ1) is 15.6. The number of carbonyl (C=O) groups is 2. The van der Waals surface area contributed by atoms with Gasteiger partial charge in [-0.2, -0.15) is 0 Å². The van der Waals surface area contributed by atoms with E-state index in [-0.39, 0.29) is 22.9 Å². The molecule has 0 spiro atoms. The number of aliphatic carboxylic acids is 1. The van der Waals surface area contributed by atoms with Crippen LogP contribution in [0, 0.1) is 11.3 Å². The number of hydrogen-bond acceptors (Lipinski definition) is 3. The van der Waals surface area contributed by atoms with Crippen LogP contribution in [-0.4, -0.2) is 23.5 Å². The summed E-state index contributed by atoms with van der Waals surface area (Å²) in [5.41, 5.74) is -0.123. The highest BCUT2D eigenvalue weighted by atomic mass is 35.5. The van der Waals surface area contributed by atoms with Gasteiger partial charge < -0.3 is 14.8 Å². The minimum atomic E-state index is -0.923. The van der Waals surface area contributed by atoms with Crippen molar-refractivity contribution in [1.82, 2.24) is 5.32 Å². The van der Waals surface area contributed by atoms with Crippen molar-refractivity contribution in [1.29, 1.82) is 0 Å². The fourth-order valence-corrected chi connectivity index (χ4v) is 1.87. The summed E-state index contributed by atoms with van der Waals surface area (Å²) in [6.07, 6.45) is 0.474. The molecule has 1 amide bonds. The maximum Gasteiger partial charge on any atom is 0.308 e. The standard InChI is InChI=1S/C13H18ClNO4/c1-13(2,3)6-8(12(17)18)7-15-11(16)9-4-5-10(14)19-9/h4-5,8H,6-7H2,1-3H3,(H,15,16)(H,17,18). The number of hydrogen-bond donors (Lipinski definition) is 2. The highest BCUT2D eigenvalue weighted by Gasteiger charge is 2.25. The van der Waals surface area contributed by atoms with Gasteiger partial charge in [0.1, 0.15) is 0 Å². The van der Waals surface area contributed by atoms with Gasteiger partial charge in [0.25, 0.3) is 5.91 Å². The van der Waals surface area contributed by atoms with Gasteiger partial charge in [0.05, 0.1) is 5.92 Å². The molecule has 1 unspecified atom stereocenters. The van der Waals surface area contributed by atoms with Gasteiger partial charge in [-0.05, 0) is 35.6 Å². The molecule has 0 aliphatic carbocycles. The normalized spacial score (nSPS) is 13.1. The summed E-state index contributed by atoms with van der Waals surface area (Å²) in [6, 6.07) is 2.90. The van der Waals surface area contributed by atoms with Crippen LogP contribution in [-0.2, 0) is 4.79 Å². The maximum absolute atomic E-state index is 11.7. The van der Waals surface area contributed by atoms with Gasteiger partial charge in [-0.1, -0.05) is 20.8 Å². The van der Waals surface area contributed by atoms with Crippen molar-refractivity contribution in [2.24, 2.45) is 11.3 Å². The van der Waals surface area contributed by atoms with Crippen LogP contribution in [0.25, 0.3) is 0 Å². The number of carboxylic acids is 1. The predicted octanol–water partition coefficient (Wildman–Crippen LogP) is 2.80.